The lowest BCUT2D eigenvalue weighted by molar-refractivity contribution is -0.152. The fourth-order valence-electron chi connectivity index (χ4n) is 3.18. The third kappa shape index (κ3) is 6.32. The average molecular weight is 463 g/mol. The van der Waals surface area contributed by atoms with Gasteiger partial charge in [0, 0.05) is 11.1 Å². The number of aliphatic carboxylic acids is 1. The third-order valence-corrected chi connectivity index (χ3v) is 5.60. The minimum absolute atomic E-state index is 0.236. The minimum atomic E-state index is -1.32. The summed E-state index contributed by atoms with van der Waals surface area (Å²) in [5.74, 6) is 0.378. The van der Waals surface area contributed by atoms with Gasteiger partial charge in [0.1, 0.15) is 23.9 Å². The lowest BCUT2D eigenvalue weighted by atomic mass is 9.79. The van der Waals surface area contributed by atoms with Crippen LogP contribution in [-0.4, -0.2) is 28.4 Å². The van der Waals surface area contributed by atoms with E-state index in [1.165, 1.54) is 13.8 Å². The molecule has 2 rings (SSSR count). The first-order valence-corrected chi connectivity index (χ1v) is 11.1. The van der Waals surface area contributed by atoms with Gasteiger partial charge in [-0.05, 0) is 54.5 Å². The summed E-state index contributed by atoms with van der Waals surface area (Å²) in [6.07, 6.45) is 0. The molecule has 2 N–H and O–H groups in total. The zero-order valence-electron chi connectivity index (χ0n) is 20.2. The van der Waals surface area contributed by atoms with Crippen LogP contribution in [0.4, 0.5) is 0 Å². The SMILES string of the molecule is CC(C)(Oc1ccc(C(Cl)COc2cc(C(C)(C)C)c(O)c(C(C)(C)C)c2)cc1)C(=O)O. The van der Waals surface area contributed by atoms with Gasteiger partial charge in [-0.25, -0.2) is 4.79 Å². The van der Waals surface area contributed by atoms with E-state index >= 15 is 0 Å². The van der Waals surface area contributed by atoms with Crippen molar-refractivity contribution in [1.82, 2.24) is 0 Å². The van der Waals surface area contributed by atoms with Crippen molar-refractivity contribution in [3.8, 4) is 17.2 Å². The number of aromatic hydroxyl groups is 1. The van der Waals surface area contributed by atoms with Gasteiger partial charge in [-0.1, -0.05) is 53.7 Å². The second-order valence-electron chi connectivity index (χ2n) is 10.6. The predicted octanol–water partition coefficient (Wildman–Crippen LogP) is 6.59. The molecule has 0 heterocycles. The van der Waals surface area contributed by atoms with E-state index in [-0.39, 0.29) is 17.4 Å². The second-order valence-corrected chi connectivity index (χ2v) is 11.2. The topological polar surface area (TPSA) is 76.0 Å². The number of phenolic OH excluding ortho intramolecular Hbond substituents is 1. The Morgan fingerprint density at radius 1 is 0.906 bits per heavy atom. The lowest BCUT2D eigenvalue weighted by Gasteiger charge is -2.28. The Hall–Kier alpha value is -2.40. The van der Waals surface area contributed by atoms with Crippen molar-refractivity contribution < 1.29 is 24.5 Å². The van der Waals surface area contributed by atoms with E-state index in [0.29, 0.717) is 17.2 Å². The van der Waals surface area contributed by atoms with Gasteiger partial charge < -0.3 is 19.7 Å². The van der Waals surface area contributed by atoms with E-state index in [2.05, 4.69) is 41.5 Å². The van der Waals surface area contributed by atoms with Crippen LogP contribution in [0, 0.1) is 0 Å². The summed E-state index contributed by atoms with van der Waals surface area (Å²) in [6, 6.07) is 10.7. The molecule has 0 amide bonds. The van der Waals surface area contributed by atoms with E-state index in [0.717, 1.165) is 16.7 Å². The Kier molecular flexibility index (Phi) is 7.45. The summed E-state index contributed by atoms with van der Waals surface area (Å²) in [4.78, 5) is 11.2. The quantitative estimate of drug-likeness (QED) is 0.454. The molecule has 2 aromatic rings. The van der Waals surface area contributed by atoms with Crippen molar-refractivity contribution >= 4 is 17.6 Å². The molecule has 6 heteroatoms. The second kappa shape index (κ2) is 9.22. The number of carboxylic acids is 1. The van der Waals surface area contributed by atoms with Gasteiger partial charge in [-0.15, -0.1) is 11.6 Å². The summed E-state index contributed by atoms with van der Waals surface area (Å²) in [5, 5.41) is 19.6. The molecule has 32 heavy (non-hydrogen) atoms. The highest BCUT2D eigenvalue weighted by atomic mass is 35.5. The molecule has 0 aliphatic heterocycles. The number of benzene rings is 2. The molecule has 0 radical (unpaired) electrons. The molecule has 176 valence electrons. The molecule has 0 bridgehead atoms. The van der Waals surface area contributed by atoms with Crippen molar-refractivity contribution in [2.24, 2.45) is 0 Å². The predicted molar refractivity (Wildman–Crippen MR) is 128 cm³/mol. The number of carbonyl (C=O) groups is 1. The standard InChI is InChI=1S/C26H35ClO5/c1-24(2,3)19-13-18(14-20(22(19)28)25(4,5)6)31-15-21(27)16-9-11-17(12-10-16)32-26(7,8)23(29)30/h9-14,21,28H,15H2,1-8H3,(H,29,30). The molecule has 0 aliphatic rings. The van der Waals surface area contributed by atoms with Crippen LogP contribution < -0.4 is 9.47 Å². The van der Waals surface area contributed by atoms with Crippen molar-refractivity contribution in [1.29, 1.82) is 0 Å². The zero-order chi connectivity index (χ0) is 24.5. The number of phenols is 1. The highest BCUT2D eigenvalue weighted by Gasteiger charge is 2.29. The molecule has 0 aromatic heterocycles. The number of rotatable bonds is 7. The van der Waals surface area contributed by atoms with Gasteiger partial charge in [0.15, 0.2) is 5.60 Å². The van der Waals surface area contributed by atoms with Crippen LogP contribution >= 0.6 is 11.6 Å². The highest BCUT2D eigenvalue weighted by molar-refractivity contribution is 6.20. The van der Waals surface area contributed by atoms with Crippen LogP contribution in [0.15, 0.2) is 36.4 Å². The zero-order valence-corrected chi connectivity index (χ0v) is 21.0. The first-order chi connectivity index (χ1) is 14.5. The number of hydrogen-bond donors (Lipinski definition) is 2. The molecule has 5 nitrogen and oxygen atoms in total. The molecule has 2 aromatic carbocycles. The Balaban J connectivity index is 2.19. The van der Waals surface area contributed by atoms with Crippen molar-refractivity contribution in [2.45, 2.75) is 77.2 Å². The number of alkyl halides is 1. The largest absolute Gasteiger partial charge is 0.507 e. The molecule has 0 fully saturated rings. The molecule has 0 aliphatic carbocycles. The van der Waals surface area contributed by atoms with Gasteiger partial charge >= 0.3 is 5.97 Å². The van der Waals surface area contributed by atoms with Gasteiger partial charge in [0.05, 0.1) is 5.38 Å². The van der Waals surface area contributed by atoms with Gasteiger partial charge in [0.25, 0.3) is 0 Å². The summed E-state index contributed by atoms with van der Waals surface area (Å²) in [6.45, 7) is 15.6. The van der Waals surface area contributed by atoms with Crippen LogP contribution in [0.2, 0.25) is 0 Å². The highest BCUT2D eigenvalue weighted by Crippen LogP contribution is 2.42. The van der Waals surface area contributed by atoms with Gasteiger partial charge in [0.2, 0.25) is 0 Å². The molecule has 1 unspecified atom stereocenters. The van der Waals surface area contributed by atoms with E-state index in [1.807, 2.05) is 12.1 Å². The number of halogens is 1. The fourth-order valence-corrected chi connectivity index (χ4v) is 3.39. The van der Waals surface area contributed by atoms with Gasteiger partial charge in [-0.3, -0.25) is 0 Å². The smallest absolute Gasteiger partial charge is 0.347 e. The van der Waals surface area contributed by atoms with E-state index in [9.17, 15) is 15.0 Å². The Morgan fingerprint density at radius 3 is 1.78 bits per heavy atom. The maximum absolute atomic E-state index is 11.2. The van der Waals surface area contributed by atoms with Crippen LogP contribution in [0.5, 0.6) is 17.2 Å². The number of carboxylic acid groups (broad SMARTS) is 1. The van der Waals surface area contributed by atoms with Gasteiger partial charge in [-0.2, -0.15) is 0 Å². The van der Waals surface area contributed by atoms with Crippen molar-refractivity contribution in [2.75, 3.05) is 6.61 Å². The van der Waals surface area contributed by atoms with Crippen LogP contribution in [0.25, 0.3) is 0 Å². The van der Waals surface area contributed by atoms with E-state index in [1.54, 1.807) is 24.3 Å². The third-order valence-electron chi connectivity index (χ3n) is 5.23. The van der Waals surface area contributed by atoms with Crippen molar-refractivity contribution in [3.63, 3.8) is 0 Å². The molecule has 0 spiro atoms. The normalized spacial score (nSPS) is 13.5. The maximum atomic E-state index is 11.2. The van der Waals surface area contributed by atoms with Crippen LogP contribution in [0.3, 0.4) is 0 Å². The van der Waals surface area contributed by atoms with Crippen LogP contribution in [-0.2, 0) is 15.6 Å². The number of hydrogen-bond acceptors (Lipinski definition) is 4. The molecule has 0 saturated carbocycles. The van der Waals surface area contributed by atoms with Crippen LogP contribution in [0.1, 0.15) is 77.5 Å². The number of ether oxygens (including phenoxy) is 2. The van der Waals surface area contributed by atoms with Crippen molar-refractivity contribution in [3.05, 3.63) is 53.1 Å². The lowest BCUT2D eigenvalue weighted by Crippen LogP contribution is -2.37. The first-order valence-electron chi connectivity index (χ1n) is 10.7. The molecule has 1 atom stereocenters. The fraction of sp³-hybridized carbons (Fsp3) is 0.500. The average Bonchev–Trinajstić information content (AvgIpc) is 2.65. The summed E-state index contributed by atoms with van der Waals surface area (Å²) in [5.41, 5.74) is 0.673. The van der Waals surface area contributed by atoms with E-state index in [4.69, 9.17) is 21.1 Å². The maximum Gasteiger partial charge on any atom is 0.347 e. The molecular formula is C26H35ClO5. The molecular weight excluding hydrogens is 428 g/mol. The summed E-state index contributed by atoms with van der Waals surface area (Å²) in [7, 11) is 0. The summed E-state index contributed by atoms with van der Waals surface area (Å²) < 4.78 is 11.6. The Labute approximate surface area is 196 Å². The monoisotopic (exact) mass is 462 g/mol. The molecule has 0 saturated heterocycles. The Morgan fingerprint density at radius 2 is 1.38 bits per heavy atom. The minimum Gasteiger partial charge on any atom is -0.507 e. The first kappa shape index (κ1) is 25.9. The summed E-state index contributed by atoms with van der Waals surface area (Å²) >= 11 is 6.57. The van der Waals surface area contributed by atoms with E-state index < -0.39 is 16.9 Å². The Bertz CT molecular complexity index is 915.